The summed E-state index contributed by atoms with van der Waals surface area (Å²) in [6.45, 7) is 3.16. The van der Waals surface area contributed by atoms with Gasteiger partial charge in [-0.15, -0.1) is 0 Å². The SMILES string of the molecule is O=C(c1c[nH]c2ccccc12)N1CCN(C(c2ccccc2)c2ccccc2)CC1. The number of hydrogen-bond acceptors (Lipinski definition) is 2. The molecule has 1 saturated heterocycles. The van der Waals surface area contributed by atoms with Crippen molar-refractivity contribution >= 4 is 16.8 Å². The van der Waals surface area contributed by atoms with E-state index in [0.717, 1.165) is 42.6 Å². The molecule has 1 aromatic heterocycles. The molecule has 5 rings (SSSR count). The highest BCUT2D eigenvalue weighted by molar-refractivity contribution is 6.06. The van der Waals surface area contributed by atoms with Gasteiger partial charge in [-0.1, -0.05) is 78.9 Å². The number of benzene rings is 3. The summed E-state index contributed by atoms with van der Waals surface area (Å²) < 4.78 is 0. The molecule has 0 spiro atoms. The van der Waals surface area contributed by atoms with E-state index >= 15 is 0 Å². The van der Waals surface area contributed by atoms with Crippen LogP contribution in [-0.4, -0.2) is 46.9 Å². The molecule has 1 amide bonds. The van der Waals surface area contributed by atoms with E-state index in [-0.39, 0.29) is 11.9 Å². The number of aromatic nitrogens is 1. The Hall–Kier alpha value is -3.37. The second kappa shape index (κ2) is 8.17. The van der Waals surface area contributed by atoms with E-state index in [1.54, 1.807) is 0 Å². The van der Waals surface area contributed by atoms with Gasteiger partial charge in [0.1, 0.15) is 0 Å². The number of H-pyrrole nitrogens is 1. The zero-order chi connectivity index (χ0) is 20.3. The molecule has 0 bridgehead atoms. The Morgan fingerprint density at radius 2 is 1.30 bits per heavy atom. The number of aromatic amines is 1. The Bertz CT molecular complexity index is 1090. The van der Waals surface area contributed by atoms with Crippen LogP contribution in [0.5, 0.6) is 0 Å². The fourth-order valence-electron chi connectivity index (χ4n) is 4.49. The molecule has 1 aliphatic heterocycles. The average molecular weight is 396 g/mol. The van der Waals surface area contributed by atoms with E-state index in [1.165, 1.54) is 11.1 Å². The lowest BCUT2D eigenvalue weighted by molar-refractivity contribution is 0.0599. The third kappa shape index (κ3) is 3.51. The Labute approximate surface area is 176 Å². The Morgan fingerprint density at radius 1 is 0.733 bits per heavy atom. The fourth-order valence-corrected chi connectivity index (χ4v) is 4.49. The molecule has 0 unspecified atom stereocenters. The van der Waals surface area contributed by atoms with Gasteiger partial charge >= 0.3 is 0 Å². The van der Waals surface area contributed by atoms with E-state index in [0.29, 0.717) is 0 Å². The van der Waals surface area contributed by atoms with E-state index in [2.05, 4.69) is 70.5 Å². The zero-order valence-corrected chi connectivity index (χ0v) is 16.9. The molecule has 0 aliphatic carbocycles. The van der Waals surface area contributed by atoms with Gasteiger partial charge < -0.3 is 9.88 Å². The number of fused-ring (bicyclic) bond motifs is 1. The first kappa shape index (κ1) is 18.6. The van der Waals surface area contributed by atoms with Crippen LogP contribution in [0.15, 0.2) is 91.1 Å². The summed E-state index contributed by atoms with van der Waals surface area (Å²) in [6.07, 6.45) is 1.84. The number of piperazine rings is 1. The molecular formula is C26H25N3O. The lowest BCUT2D eigenvalue weighted by atomic mass is 9.96. The Balaban J connectivity index is 1.35. The molecule has 2 heterocycles. The highest BCUT2D eigenvalue weighted by Crippen LogP contribution is 2.30. The molecule has 3 aromatic carbocycles. The predicted molar refractivity (Wildman–Crippen MR) is 121 cm³/mol. The first-order valence-electron chi connectivity index (χ1n) is 10.5. The number of nitrogens with one attached hydrogen (secondary N) is 1. The summed E-state index contributed by atoms with van der Waals surface area (Å²) >= 11 is 0. The molecule has 0 radical (unpaired) electrons. The molecule has 30 heavy (non-hydrogen) atoms. The molecule has 4 nitrogen and oxygen atoms in total. The van der Waals surface area contributed by atoms with E-state index in [4.69, 9.17) is 0 Å². The highest BCUT2D eigenvalue weighted by atomic mass is 16.2. The molecule has 0 saturated carbocycles. The second-order valence-corrected chi connectivity index (χ2v) is 7.80. The lowest BCUT2D eigenvalue weighted by Crippen LogP contribution is -2.49. The number of carbonyl (C=O) groups excluding carboxylic acids is 1. The molecule has 150 valence electrons. The Morgan fingerprint density at radius 3 is 1.93 bits per heavy atom. The van der Waals surface area contributed by atoms with Crippen LogP contribution in [0.25, 0.3) is 10.9 Å². The normalized spacial score (nSPS) is 15.0. The van der Waals surface area contributed by atoms with Gasteiger partial charge in [0.15, 0.2) is 0 Å². The minimum atomic E-state index is 0.114. The zero-order valence-electron chi connectivity index (χ0n) is 16.9. The number of amides is 1. The summed E-state index contributed by atoms with van der Waals surface area (Å²) in [6, 6.07) is 29.5. The van der Waals surface area contributed by atoms with E-state index < -0.39 is 0 Å². The quantitative estimate of drug-likeness (QED) is 0.543. The predicted octanol–water partition coefficient (Wildman–Crippen LogP) is 4.72. The van der Waals surface area contributed by atoms with Gasteiger partial charge in [-0.05, 0) is 17.2 Å². The van der Waals surface area contributed by atoms with Crippen molar-refractivity contribution < 1.29 is 4.79 Å². The summed E-state index contributed by atoms with van der Waals surface area (Å²) in [5.41, 5.74) is 4.36. The van der Waals surface area contributed by atoms with Gasteiger partial charge in [0.25, 0.3) is 5.91 Å². The first-order valence-corrected chi connectivity index (χ1v) is 10.5. The van der Waals surface area contributed by atoms with Gasteiger partial charge in [-0.3, -0.25) is 9.69 Å². The van der Waals surface area contributed by atoms with Crippen LogP contribution in [0.4, 0.5) is 0 Å². The molecule has 4 aromatic rings. The van der Waals surface area contributed by atoms with Gasteiger partial charge in [0.05, 0.1) is 11.6 Å². The summed E-state index contributed by atoms with van der Waals surface area (Å²) in [4.78, 5) is 20.9. The number of para-hydroxylation sites is 1. The second-order valence-electron chi connectivity index (χ2n) is 7.80. The summed E-state index contributed by atoms with van der Waals surface area (Å²) in [5.74, 6) is 0.114. The first-order chi connectivity index (χ1) is 14.8. The molecular weight excluding hydrogens is 370 g/mol. The van der Waals surface area contributed by atoms with Crippen LogP contribution in [0.3, 0.4) is 0 Å². The van der Waals surface area contributed by atoms with Crippen molar-refractivity contribution in [3.63, 3.8) is 0 Å². The number of rotatable bonds is 4. The number of hydrogen-bond donors (Lipinski definition) is 1. The monoisotopic (exact) mass is 395 g/mol. The number of carbonyl (C=O) groups is 1. The maximum atomic E-state index is 13.2. The van der Waals surface area contributed by atoms with Crippen LogP contribution in [0.1, 0.15) is 27.5 Å². The van der Waals surface area contributed by atoms with Gasteiger partial charge in [-0.25, -0.2) is 0 Å². The minimum Gasteiger partial charge on any atom is -0.360 e. The van der Waals surface area contributed by atoms with Crippen molar-refractivity contribution in [1.82, 2.24) is 14.8 Å². The van der Waals surface area contributed by atoms with Crippen LogP contribution < -0.4 is 0 Å². The molecule has 0 atom stereocenters. The highest BCUT2D eigenvalue weighted by Gasteiger charge is 2.29. The standard InChI is InChI=1S/C26H25N3O/c30-26(23-19-27-24-14-8-7-13-22(23)24)29-17-15-28(16-18-29)25(20-9-3-1-4-10-20)21-11-5-2-6-12-21/h1-14,19,25,27H,15-18H2. The van der Waals surface area contributed by atoms with E-state index in [1.807, 2.05) is 35.4 Å². The van der Waals surface area contributed by atoms with Crippen molar-refractivity contribution in [1.29, 1.82) is 0 Å². The summed E-state index contributed by atoms with van der Waals surface area (Å²) in [7, 11) is 0. The third-order valence-electron chi connectivity index (χ3n) is 6.02. The van der Waals surface area contributed by atoms with Crippen molar-refractivity contribution in [2.45, 2.75) is 6.04 Å². The van der Waals surface area contributed by atoms with Gasteiger partial charge in [0, 0.05) is 43.3 Å². The van der Waals surface area contributed by atoms with Crippen molar-refractivity contribution in [3.8, 4) is 0 Å². The fraction of sp³-hybridized carbons (Fsp3) is 0.192. The van der Waals surface area contributed by atoms with Gasteiger partial charge in [-0.2, -0.15) is 0 Å². The van der Waals surface area contributed by atoms with Crippen LogP contribution in [-0.2, 0) is 0 Å². The molecule has 1 N–H and O–H groups in total. The maximum Gasteiger partial charge on any atom is 0.256 e. The maximum absolute atomic E-state index is 13.2. The van der Waals surface area contributed by atoms with Crippen LogP contribution >= 0.6 is 0 Å². The Kier molecular flexibility index (Phi) is 5.08. The largest absolute Gasteiger partial charge is 0.360 e. The molecule has 1 aliphatic rings. The smallest absolute Gasteiger partial charge is 0.256 e. The van der Waals surface area contributed by atoms with Gasteiger partial charge in [0.2, 0.25) is 0 Å². The summed E-state index contributed by atoms with van der Waals surface area (Å²) in [5, 5.41) is 0.997. The molecule has 4 heteroatoms. The molecule has 1 fully saturated rings. The van der Waals surface area contributed by atoms with Crippen LogP contribution in [0, 0.1) is 0 Å². The van der Waals surface area contributed by atoms with Crippen molar-refractivity contribution in [2.75, 3.05) is 26.2 Å². The topological polar surface area (TPSA) is 39.3 Å². The number of nitrogens with zero attached hydrogens (tertiary/aromatic N) is 2. The third-order valence-corrected chi connectivity index (χ3v) is 6.02. The van der Waals surface area contributed by atoms with Crippen LogP contribution in [0.2, 0.25) is 0 Å². The van der Waals surface area contributed by atoms with E-state index in [9.17, 15) is 4.79 Å². The average Bonchev–Trinajstić information content (AvgIpc) is 3.25. The van der Waals surface area contributed by atoms with Crippen molar-refractivity contribution in [3.05, 3.63) is 108 Å². The minimum absolute atomic E-state index is 0.114. The van der Waals surface area contributed by atoms with Crippen molar-refractivity contribution in [2.24, 2.45) is 0 Å². The lowest BCUT2D eigenvalue weighted by Gasteiger charge is -2.39.